The summed E-state index contributed by atoms with van der Waals surface area (Å²) in [5, 5.41) is 0. The van der Waals surface area contributed by atoms with Crippen molar-refractivity contribution in [2.45, 2.75) is 12.8 Å². The molecule has 38 valence electrons. The van der Waals surface area contributed by atoms with Crippen LogP contribution in [-0.4, -0.2) is 5.75 Å². The third kappa shape index (κ3) is 5.91. The highest BCUT2D eigenvalue weighted by atomic mass is 32.1. The molecule has 0 rings (SSSR count). The van der Waals surface area contributed by atoms with Crippen molar-refractivity contribution in [2.75, 3.05) is 5.75 Å². The Morgan fingerprint density at radius 1 is 1.43 bits per heavy atom. The largest absolute Gasteiger partial charge is 0.103 e. The summed E-state index contributed by atoms with van der Waals surface area (Å²) in [7, 11) is 0. The predicted octanol–water partition coefficient (Wildman–Crippen LogP) is 1.80. The molecule has 0 aromatic carbocycles. The molecule has 0 spiro atoms. The van der Waals surface area contributed by atoms with Crippen molar-refractivity contribution in [3.05, 3.63) is 6.92 Å². The molecular weight excluding hydrogens is 104 g/mol. The van der Waals surface area contributed by atoms with Gasteiger partial charge in [0.05, 0.1) is 0 Å². The predicted molar refractivity (Wildman–Crippen MR) is 34.8 cm³/mol. The van der Waals surface area contributed by atoms with Crippen molar-refractivity contribution in [3.63, 3.8) is 0 Å². The minimum Gasteiger partial charge on any atom is -0.103 e. The van der Waals surface area contributed by atoms with E-state index in [0.29, 0.717) is 6.42 Å². The maximum absolute atomic E-state index is 4.64. The maximum Gasteiger partial charge on any atom is 0.0188 e. The van der Waals surface area contributed by atoms with Crippen LogP contribution < -0.4 is 0 Å². The van der Waals surface area contributed by atoms with Crippen LogP contribution in [0.3, 0.4) is 0 Å². The van der Waals surface area contributed by atoms with Crippen LogP contribution in [0.25, 0.3) is 0 Å². The zero-order chi connectivity index (χ0) is 5.54. The molecule has 0 bridgehead atoms. The quantitative estimate of drug-likeness (QED) is 0.454. The summed E-state index contributed by atoms with van der Waals surface area (Å²) in [6.45, 7) is 3.55. The molecule has 0 amide bonds. The molecule has 2 radical (unpaired) electrons. The molecule has 0 unspecified atom stereocenters. The van der Waals surface area contributed by atoms with Crippen LogP contribution in [0.5, 0.6) is 0 Å². The number of rotatable bonds is 1. The molecule has 7 heavy (non-hydrogen) atoms. The molecular formula is C6H8S. The minimum atomic E-state index is 0.704. The van der Waals surface area contributed by atoms with Crippen LogP contribution in [0.1, 0.15) is 12.8 Å². The van der Waals surface area contributed by atoms with E-state index in [-0.39, 0.29) is 0 Å². The lowest BCUT2D eigenvalue weighted by Crippen LogP contribution is -1.65. The van der Waals surface area contributed by atoms with E-state index in [4.69, 9.17) is 0 Å². The van der Waals surface area contributed by atoms with Gasteiger partial charge in [-0.1, -0.05) is 12.6 Å². The van der Waals surface area contributed by atoms with Crippen molar-refractivity contribution in [3.8, 4) is 11.8 Å². The van der Waals surface area contributed by atoms with E-state index in [0.717, 1.165) is 12.2 Å². The van der Waals surface area contributed by atoms with Crippen LogP contribution in [-0.2, 0) is 0 Å². The smallest absolute Gasteiger partial charge is 0.0188 e. The van der Waals surface area contributed by atoms with Crippen molar-refractivity contribution in [2.24, 2.45) is 0 Å². The van der Waals surface area contributed by atoms with Gasteiger partial charge in [-0.2, -0.15) is 0 Å². The first-order chi connectivity index (χ1) is 3.41. The second-order valence-electron chi connectivity index (χ2n) is 1.06. The lowest BCUT2D eigenvalue weighted by Gasteiger charge is -1.72. The average Bonchev–Trinajstić information content (AvgIpc) is 1.69. The summed E-state index contributed by atoms with van der Waals surface area (Å²) in [5.41, 5.74) is 0. The van der Waals surface area contributed by atoms with Crippen LogP contribution in [0.4, 0.5) is 0 Å². The Kier molecular flexibility index (Phi) is 5.83. The lowest BCUT2D eigenvalue weighted by atomic mass is 10.4. The molecule has 0 atom stereocenters. The molecule has 0 aromatic rings. The highest BCUT2D eigenvalue weighted by Crippen LogP contribution is 1.78. The molecule has 0 aliphatic heterocycles. The van der Waals surface area contributed by atoms with E-state index in [1.807, 2.05) is 0 Å². The summed E-state index contributed by atoms with van der Waals surface area (Å²) in [6, 6.07) is 0. The van der Waals surface area contributed by atoms with Gasteiger partial charge in [0.2, 0.25) is 0 Å². The second-order valence-corrected chi connectivity index (χ2v) is 1.47. The summed E-state index contributed by atoms with van der Waals surface area (Å²) in [5.74, 6) is 6.43. The number of hydrogen-bond donors (Lipinski definition) is 0. The fraction of sp³-hybridized carbons (Fsp3) is 0.500. The van der Waals surface area contributed by atoms with Gasteiger partial charge in [-0.05, 0) is 6.92 Å². The Balaban J connectivity index is 2.91. The third-order valence-corrected chi connectivity index (χ3v) is 0.681. The van der Waals surface area contributed by atoms with Gasteiger partial charge in [-0.15, -0.1) is 11.8 Å². The normalized spacial score (nSPS) is 7.14. The average molecular weight is 112 g/mol. The molecule has 0 nitrogen and oxygen atoms in total. The van der Waals surface area contributed by atoms with E-state index < -0.39 is 0 Å². The first kappa shape index (κ1) is 6.91. The topological polar surface area (TPSA) is 0 Å². The van der Waals surface area contributed by atoms with Crippen LogP contribution in [0.2, 0.25) is 0 Å². The van der Waals surface area contributed by atoms with E-state index in [1.54, 1.807) is 0 Å². The van der Waals surface area contributed by atoms with E-state index in [2.05, 4.69) is 31.4 Å². The van der Waals surface area contributed by atoms with Gasteiger partial charge in [-0.25, -0.2) is 0 Å². The Labute approximate surface area is 50.7 Å². The van der Waals surface area contributed by atoms with Gasteiger partial charge >= 0.3 is 0 Å². The Hall–Kier alpha value is -0.0900. The van der Waals surface area contributed by atoms with Gasteiger partial charge < -0.3 is 0 Å². The standard InChI is InChI=1S/C6H8S/c1-2-3-4-5-6-7/h1-2,5-6H2. The molecule has 0 aliphatic carbocycles. The molecule has 0 fully saturated rings. The fourth-order valence-electron chi connectivity index (χ4n) is 0.228. The van der Waals surface area contributed by atoms with Gasteiger partial charge in [0.25, 0.3) is 0 Å². The zero-order valence-corrected chi connectivity index (χ0v) is 5.05. The van der Waals surface area contributed by atoms with E-state index in [1.165, 1.54) is 0 Å². The first-order valence-electron chi connectivity index (χ1n) is 2.25. The Morgan fingerprint density at radius 2 is 2.14 bits per heavy atom. The summed E-state index contributed by atoms with van der Waals surface area (Å²) in [6.07, 6.45) is 1.54. The van der Waals surface area contributed by atoms with E-state index in [9.17, 15) is 0 Å². The first-order valence-corrected chi connectivity index (χ1v) is 2.82. The molecule has 0 saturated carbocycles. The fourth-order valence-corrected chi connectivity index (χ4v) is 0.330. The highest BCUT2D eigenvalue weighted by molar-refractivity contribution is 7.80. The van der Waals surface area contributed by atoms with Gasteiger partial charge in [-0.3, -0.25) is 0 Å². The number of hydrogen-bond acceptors (Lipinski definition) is 0. The lowest BCUT2D eigenvalue weighted by molar-refractivity contribution is 1.30. The molecule has 0 aliphatic rings. The second kappa shape index (κ2) is 5.91. The van der Waals surface area contributed by atoms with Crippen LogP contribution in [0, 0.1) is 18.8 Å². The molecule has 0 saturated heterocycles. The highest BCUT2D eigenvalue weighted by Gasteiger charge is 1.67. The molecule has 0 aromatic heterocycles. The maximum atomic E-state index is 4.64. The summed E-state index contributed by atoms with van der Waals surface area (Å²) in [4.78, 5) is 0. The van der Waals surface area contributed by atoms with Gasteiger partial charge in [0.1, 0.15) is 0 Å². The Bertz CT molecular complexity index is 75.9. The van der Waals surface area contributed by atoms with E-state index >= 15 is 0 Å². The van der Waals surface area contributed by atoms with Gasteiger partial charge in [0.15, 0.2) is 0 Å². The SMILES string of the molecule is [CH2]CC#CCC[S]. The summed E-state index contributed by atoms with van der Waals surface area (Å²) < 4.78 is 0. The summed E-state index contributed by atoms with van der Waals surface area (Å²) >= 11 is 4.64. The third-order valence-electron chi connectivity index (χ3n) is 0.477. The van der Waals surface area contributed by atoms with Crippen molar-refractivity contribution < 1.29 is 0 Å². The zero-order valence-electron chi connectivity index (χ0n) is 4.24. The molecule has 1 heteroatoms. The van der Waals surface area contributed by atoms with Gasteiger partial charge in [0, 0.05) is 18.6 Å². The van der Waals surface area contributed by atoms with Crippen molar-refractivity contribution in [1.29, 1.82) is 0 Å². The van der Waals surface area contributed by atoms with Crippen molar-refractivity contribution in [1.82, 2.24) is 0 Å². The minimum absolute atomic E-state index is 0.704. The molecule has 0 N–H and O–H groups in total. The van der Waals surface area contributed by atoms with Crippen LogP contribution >= 0.6 is 12.6 Å². The van der Waals surface area contributed by atoms with Crippen molar-refractivity contribution >= 4 is 12.6 Å². The van der Waals surface area contributed by atoms with Crippen LogP contribution in [0.15, 0.2) is 0 Å². The monoisotopic (exact) mass is 112 g/mol. The Morgan fingerprint density at radius 3 is 2.57 bits per heavy atom. The molecule has 0 heterocycles.